The van der Waals surface area contributed by atoms with Gasteiger partial charge in [0.05, 0.1) is 26.4 Å². The maximum absolute atomic E-state index is 12.7. The number of carbonyl (C=O) groups is 1. The van der Waals surface area contributed by atoms with Crippen LogP contribution >= 0.6 is 11.3 Å². The first-order valence-electron chi connectivity index (χ1n) is 9.43. The van der Waals surface area contributed by atoms with Crippen molar-refractivity contribution in [3.8, 4) is 11.5 Å². The second-order valence-corrected chi connectivity index (χ2v) is 9.96. The topological polar surface area (TPSA) is 84.9 Å². The van der Waals surface area contributed by atoms with Crippen LogP contribution < -0.4 is 14.8 Å². The number of hydrogen-bond donors (Lipinski definition) is 1. The number of nitrogens with zero attached hydrogens (tertiary/aromatic N) is 1. The number of methoxy groups -OCH3 is 2. The predicted molar refractivity (Wildman–Crippen MR) is 113 cm³/mol. The number of nitrogens with one attached hydrogen (secondary N) is 1. The Morgan fingerprint density at radius 1 is 1.21 bits per heavy atom. The summed E-state index contributed by atoms with van der Waals surface area (Å²) >= 11 is 1.53. The Morgan fingerprint density at radius 3 is 2.59 bits per heavy atom. The molecule has 0 saturated heterocycles. The molecule has 29 heavy (non-hydrogen) atoms. The normalized spacial score (nSPS) is 14.3. The maximum Gasteiger partial charge on any atom is 0.225 e. The van der Waals surface area contributed by atoms with Gasteiger partial charge in [0.25, 0.3) is 0 Å². The molecule has 0 unspecified atom stereocenters. The van der Waals surface area contributed by atoms with Crippen molar-refractivity contribution in [3.05, 3.63) is 45.6 Å². The lowest BCUT2D eigenvalue weighted by atomic mass is 10.0. The van der Waals surface area contributed by atoms with Crippen molar-refractivity contribution in [1.82, 2.24) is 9.62 Å². The van der Waals surface area contributed by atoms with Crippen molar-refractivity contribution in [1.29, 1.82) is 0 Å². The van der Waals surface area contributed by atoms with Gasteiger partial charge in [-0.3, -0.25) is 4.79 Å². The quantitative estimate of drug-likeness (QED) is 0.607. The molecule has 1 amide bonds. The molecule has 9 heteroatoms. The molecule has 2 heterocycles. The summed E-state index contributed by atoms with van der Waals surface area (Å²) in [4.78, 5) is 12.9. The molecule has 1 aromatic carbocycles. The highest BCUT2D eigenvalue weighted by Crippen LogP contribution is 2.33. The van der Waals surface area contributed by atoms with Crippen LogP contribution in [0.25, 0.3) is 0 Å². The number of benzene rings is 1. The van der Waals surface area contributed by atoms with Crippen molar-refractivity contribution in [2.45, 2.75) is 25.8 Å². The molecular formula is C20H26N2O5S2. The molecular weight excluding hydrogens is 412 g/mol. The molecule has 0 saturated carbocycles. The van der Waals surface area contributed by atoms with Crippen LogP contribution in [0.2, 0.25) is 0 Å². The number of amides is 1. The van der Waals surface area contributed by atoms with E-state index < -0.39 is 10.0 Å². The number of sulfonamides is 1. The van der Waals surface area contributed by atoms with E-state index in [0.29, 0.717) is 50.4 Å². The van der Waals surface area contributed by atoms with Gasteiger partial charge < -0.3 is 14.8 Å². The SMILES string of the molecule is COc1cc2c(cc1OC)CN(S(=O)(=O)CCCNC(=O)Cc1cccs1)CC2. The van der Waals surface area contributed by atoms with Crippen LogP contribution in [0.4, 0.5) is 0 Å². The summed E-state index contributed by atoms with van der Waals surface area (Å²) in [6, 6.07) is 7.58. The molecule has 158 valence electrons. The molecule has 1 N–H and O–H groups in total. The molecule has 0 atom stereocenters. The first kappa shape index (κ1) is 21.6. The van der Waals surface area contributed by atoms with E-state index in [4.69, 9.17) is 9.47 Å². The zero-order valence-corrected chi connectivity index (χ0v) is 18.3. The van der Waals surface area contributed by atoms with Gasteiger partial charge in [-0.25, -0.2) is 8.42 Å². The number of ether oxygens (including phenoxy) is 2. The second kappa shape index (κ2) is 9.60. The average Bonchev–Trinajstić information content (AvgIpc) is 3.22. The van der Waals surface area contributed by atoms with Crippen LogP contribution in [0.15, 0.2) is 29.6 Å². The van der Waals surface area contributed by atoms with Crippen LogP contribution in [0.1, 0.15) is 22.4 Å². The molecule has 0 spiro atoms. The summed E-state index contributed by atoms with van der Waals surface area (Å²) in [6.07, 6.45) is 1.35. The third-order valence-corrected chi connectivity index (χ3v) is 7.67. The maximum atomic E-state index is 12.7. The molecule has 1 aromatic heterocycles. The first-order valence-corrected chi connectivity index (χ1v) is 11.9. The molecule has 0 fully saturated rings. The average molecular weight is 439 g/mol. The van der Waals surface area contributed by atoms with E-state index in [-0.39, 0.29) is 11.7 Å². The van der Waals surface area contributed by atoms with Crippen molar-refractivity contribution in [2.75, 3.05) is 33.1 Å². The third kappa shape index (κ3) is 5.49. The first-order chi connectivity index (χ1) is 13.9. The lowest BCUT2D eigenvalue weighted by Gasteiger charge is -2.29. The molecule has 0 radical (unpaired) electrons. The highest BCUT2D eigenvalue weighted by molar-refractivity contribution is 7.89. The van der Waals surface area contributed by atoms with Crippen molar-refractivity contribution < 1.29 is 22.7 Å². The summed E-state index contributed by atoms with van der Waals surface area (Å²) in [5.74, 6) is 1.17. The van der Waals surface area contributed by atoms with E-state index in [1.54, 1.807) is 14.2 Å². The summed E-state index contributed by atoms with van der Waals surface area (Å²) in [6.45, 7) is 1.11. The lowest BCUT2D eigenvalue weighted by Crippen LogP contribution is -2.38. The molecule has 1 aliphatic heterocycles. The van der Waals surface area contributed by atoms with Crippen LogP contribution in [-0.2, 0) is 34.2 Å². The Labute approximate surface area is 175 Å². The minimum atomic E-state index is -3.40. The van der Waals surface area contributed by atoms with Gasteiger partial charge in [0, 0.05) is 24.5 Å². The third-order valence-electron chi connectivity index (χ3n) is 4.89. The van der Waals surface area contributed by atoms with Gasteiger partial charge in [0.15, 0.2) is 11.5 Å². The molecule has 3 rings (SSSR count). The summed E-state index contributed by atoms with van der Waals surface area (Å²) in [5.41, 5.74) is 2.01. The lowest BCUT2D eigenvalue weighted by molar-refractivity contribution is -0.120. The van der Waals surface area contributed by atoms with Crippen LogP contribution in [0, 0.1) is 0 Å². The zero-order chi connectivity index (χ0) is 20.9. The minimum Gasteiger partial charge on any atom is -0.493 e. The highest BCUT2D eigenvalue weighted by Gasteiger charge is 2.27. The monoisotopic (exact) mass is 438 g/mol. The molecule has 1 aliphatic rings. The summed E-state index contributed by atoms with van der Waals surface area (Å²) in [5, 5.41) is 4.72. The summed E-state index contributed by atoms with van der Waals surface area (Å²) in [7, 11) is -0.247. The largest absolute Gasteiger partial charge is 0.493 e. The number of carbonyl (C=O) groups excluding carboxylic acids is 1. The molecule has 0 bridgehead atoms. The number of rotatable bonds is 9. The van der Waals surface area contributed by atoms with Crippen molar-refractivity contribution in [3.63, 3.8) is 0 Å². The van der Waals surface area contributed by atoms with Crippen LogP contribution in [0.3, 0.4) is 0 Å². The van der Waals surface area contributed by atoms with E-state index in [1.165, 1.54) is 15.6 Å². The predicted octanol–water partition coefficient (Wildman–Crippen LogP) is 2.20. The second-order valence-electron chi connectivity index (χ2n) is 6.84. The summed E-state index contributed by atoms with van der Waals surface area (Å²) < 4.78 is 37.6. The molecule has 7 nitrogen and oxygen atoms in total. The minimum absolute atomic E-state index is 0.00883. The Kier molecular flexibility index (Phi) is 7.15. The van der Waals surface area contributed by atoms with Gasteiger partial charge in [-0.05, 0) is 47.5 Å². The Balaban J connectivity index is 1.52. The van der Waals surface area contributed by atoms with E-state index in [9.17, 15) is 13.2 Å². The van der Waals surface area contributed by atoms with Crippen molar-refractivity contribution in [2.24, 2.45) is 0 Å². The van der Waals surface area contributed by atoms with Crippen LogP contribution in [0.5, 0.6) is 11.5 Å². The fourth-order valence-electron chi connectivity index (χ4n) is 3.34. The smallest absolute Gasteiger partial charge is 0.225 e. The van der Waals surface area contributed by atoms with E-state index >= 15 is 0 Å². The van der Waals surface area contributed by atoms with E-state index in [0.717, 1.165) is 16.0 Å². The van der Waals surface area contributed by atoms with E-state index in [2.05, 4.69) is 5.32 Å². The number of fused-ring (bicyclic) bond motifs is 1. The van der Waals surface area contributed by atoms with E-state index in [1.807, 2.05) is 29.6 Å². The fraction of sp³-hybridized carbons (Fsp3) is 0.450. The Hall–Kier alpha value is -2.10. The van der Waals surface area contributed by atoms with Gasteiger partial charge in [-0.1, -0.05) is 6.07 Å². The van der Waals surface area contributed by atoms with Gasteiger partial charge in [-0.2, -0.15) is 4.31 Å². The number of hydrogen-bond acceptors (Lipinski definition) is 6. The van der Waals surface area contributed by atoms with Gasteiger partial charge in [0.2, 0.25) is 15.9 Å². The molecule has 0 aliphatic carbocycles. The number of thiophene rings is 1. The standard InChI is InChI=1S/C20H26N2O5S2/c1-26-18-11-15-6-8-22(14-16(15)12-19(18)27-2)29(24,25)10-4-7-21-20(23)13-17-5-3-9-28-17/h3,5,9,11-12H,4,6-8,10,13-14H2,1-2H3,(H,21,23). The Morgan fingerprint density at radius 2 is 1.93 bits per heavy atom. The van der Waals surface area contributed by atoms with Crippen molar-refractivity contribution >= 4 is 27.3 Å². The van der Waals surface area contributed by atoms with Gasteiger partial charge in [0.1, 0.15) is 0 Å². The van der Waals surface area contributed by atoms with Gasteiger partial charge >= 0.3 is 0 Å². The highest BCUT2D eigenvalue weighted by atomic mass is 32.2. The fourth-order valence-corrected chi connectivity index (χ4v) is 5.52. The Bertz CT molecular complexity index is 942. The zero-order valence-electron chi connectivity index (χ0n) is 16.6. The van der Waals surface area contributed by atoms with Gasteiger partial charge in [-0.15, -0.1) is 11.3 Å². The molecule has 2 aromatic rings. The van der Waals surface area contributed by atoms with Crippen LogP contribution in [-0.4, -0.2) is 51.7 Å².